The lowest BCUT2D eigenvalue weighted by atomic mass is 9.90. The van der Waals surface area contributed by atoms with Crippen LogP contribution in [0.2, 0.25) is 0 Å². The zero-order valence-corrected chi connectivity index (χ0v) is 20.7. The quantitative estimate of drug-likeness (QED) is 0.202. The van der Waals surface area contributed by atoms with Gasteiger partial charge in [-0.2, -0.15) is 4.73 Å². The molecule has 2 aromatic carbocycles. The number of piperidine rings is 1. The Balaban J connectivity index is 1.43. The molecule has 0 saturated carbocycles. The van der Waals surface area contributed by atoms with Gasteiger partial charge in [0, 0.05) is 42.8 Å². The second-order valence-electron chi connectivity index (χ2n) is 9.48. The fourth-order valence-corrected chi connectivity index (χ4v) is 4.72. The largest absolute Gasteiger partial charge is 0.618 e. The second kappa shape index (κ2) is 10.9. The molecule has 190 valence electrons. The highest BCUT2D eigenvalue weighted by molar-refractivity contribution is 5.95. The number of hydroxylamine groups is 1. The van der Waals surface area contributed by atoms with Gasteiger partial charge in [-0.05, 0) is 57.1 Å². The molecule has 4 rings (SSSR count). The van der Waals surface area contributed by atoms with Crippen molar-refractivity contribution in [2.75, 3.05) is 13.1 Å². The molecule has 0 radical (unpaired) electrons. The summed E-state index contributed by atoms with van der Waals surface area (Å²) >= 11 is 0. The molecule has 2 heterocycles. The van der Waals surface area contributed by atoms with Gasteiger partial charge >= 0.3 is 0 Å². The third-order valence-corrected chi connectivity index (χ3v) is 6.82. The molecule has 0 bridgehead atoms. The number of nitrogens with zero attached hydrogens (tertiary/aromatic N) is 2. The minimum Gasteiger partial charge on any atom is -0.618 e. The lowest BCUT2D eigenvalue weighted by molar-refractivity contribution is -0.584. The van der Waals surface area contributed by atoms with Crippen LogP contribution in [0, 0.1) is 18.0 Å². The van der Waals surface area contributed by atoms with Gasteiger partial charge in [0.25, 0.3) is 5.91 Å². The third kappa shape index (κ3) is 5.42. The fourth-order valence-electron chi connectivity index (χ4n) is 4.72. The van der Waals surface area contributed by atoms with Crippen molar-refractivity contribution in [3.63, 3.8) is 0 Å². The van der Waals surface area contributed by atoms with Crippen LogP contribution in [0.4, 0.5) is 0 Å². The van der Waals surface area contributed by atoms with Gasteiger partial charge in [-0.25, -0.2) is 5.48 Å². The number of ether oxygens (including phenoxy) is 1. The van der Waals surface area contributed by atoms with Crippen molar-refractivity contribution in [2.24, 2.45) is 5.92 Å². The molecule has 1 fully saturated rings. The number of hydrogen-bond donors (Lipinski definition) is 3. The van der Waals surface area contributed by atoms with Crippen LogP contribution in [0.5, 0.6) is 5.75 Å². The van der Waals surface area contributed by atoms with Crippen LogP contribution in [0.3, 0.4) is 0 Å². The van der Waals surface area contributed by atoms with E-state index in [2.05, 4.69) is 24.1 Å². The fraction of sp³-hybridized carbons (Fsp3) is 0.370. The van der Waals surface area contributed by atoms with Gasteiger partial charge in [-0.15, -0.1) is 0 Å². The Bertz CT molecular complexity index is 1240. The average molecular weight is 493 g/mol. The Morgan fingerprint density at radius 1 is 1.19 bits per heavy atom. The van der Waals surface area contributed by atoms with Crippen LogP contribution < -0.4 is 20.3 Å². The molecule has 36 heavy (non-hydrogen) atoms. The SMILES string of the molecule is Cc1cc(COc2ccc(C(=O)N[C@@H]3CN(C(C)C)CC[C@@H]3C(=O)NO)cc2)c2ccccc2[n+]1[O-]. The first-order valence-electron chi connectivity index (χ1n) is 12.1. The van der Waals surface area contributed by atoms with Crippen LogP contribution in [0.1, 0.15) is 41.9 Å². The summed E-state index contributed by atoms with van der Waals surface area (Å²) in [5.41, 5.74) is 4.26. The van der Waals surface area contributed by atoms with Gasteiger partial charge < -0.3 is 15.3 Å². The summed E-state index contributed by atoms with van der Waals surface area (Å²) in [6, 6.07) is 15.9. The van der Waals surface area contributed by atoms with E-state index < -0.39 is 17.9 Å². The molecule has 0 unspecified atom stereocenters. The smallest absolute Gasteiger partial charge is 0.251 e. The zero-order valence-electron chi connectivity index (χ0n) is 20.7. The number of likely N-dealkylation sites (tertiary alicyclic amines) is 1. The van der Waals surface area contributed by atoms with Crippen LogP contribution in [-0.2, 0) is 11.4 Å². The van der Waals surface area contributed by atoms with Gasteiger partial charge in [-0.1, -0.05) is 12.1 Å². The second-order valence-corrected chi connectivity index (χ2v) is 9.48. The first-order chi connectivity index (χ1) is 17.3. The van der Waals surface area contributed by atoms with Crippen LogP contribution in [0.15, 0.2) is 54.6 Å². The molecule has 0 spiro atoms. The Hall–Kier alpha value is -3.69. The predicted molar refractivity (Wildman–Crippen MR) is 134 cm³/mol. The number of fused-ring (bicyclic) bond motifs is 1. The van der Waals surface area contributed by atoms with Crippen molar-refractivity contribution in [3.8, 4) is 5.75 Å². The highest BCUT2D eigenvalue weighted by atomic mass is 16.5. The third-order valence-electron chi connectivity index (χ3n) is 6.82. The summed E-state index contributed by atoms with van der Waals surface area (Å²) < 4.78 is 6.86. The Morgan fingerprint density at radius 3 is 2.61 bits per heavy atom. The Labute approximate surface area is 210 Å². The van der Waals surface area contributed by atoms with Gasteiger partial charge in [0.05, 0.1) is 17.3 Å². The van der Waals surface area contributed by atoms with E-state index in [0.717, 1.165) is 22.2 Å². The van der Waals surface area contributed by atoms with Gasteiger partial charge in [-0.3, -0.25) is 19.7 Å². The number of hydrogen-bond acceptors (Lipinski definition) is 6. The minimum absolute atomic E-state index is 0.277. The van der Waals surface area contributed by atoms with Crippen molar-refractivity contribution >= 4 is 22.7 Å². The summed E-state index contributed by atoms with van der Waals surface area (Å²) in [7, 11) is 0. The number of para-hydroxylation sites is 1. The molecular weight excluding hydrogens is 460 g/mol. The highest BCUT2D eigenvalue weighted by Crippen LogP contribution is 2.22. The maximum atomic E-state index is 13.0. The van der Waals surface area contributed by atoms with Crippen molar-refractivity contribution in [1.29, 1.82) is 0 Å². The van der Waals surface area contributed by atoms with Crippen LogP contribution >= 0.6 is 0 Å². The van der Waals surface area contributed by atoms with E-state index in [4.69, 9.17) is 9.94 Å². The van der Waals surface area contributed by atoms with Crippen molar-refractivity contribution < 1.29 is 24.3 Å². The summed E-state index contributed by atoms with van der Waals surface area (Å²) in [6.07, 6.45) is 0.544. The molecule has 1 aromatic heterocycles. The van der Waals surface area contributed by atoms with E-state index in [1.165, 1.54) is 0 Å². The zero-order chi connectivity index (χ0) is 25.8. The topological polar surface area (TPSA) is 118 Å². The van der Waals surface area contributed by atoms with Gasteiger partial charge in [0.1, 0.15) is 12.4 Å². The summed E-state index contributed by atoms with van der Waals surface area (Å²) in [5, 5.41) is 25.3. The number of rotatable bonds is 7. The van der Waals surface area contributed by atoms with Crippen LogP contribution in [0.25, 0.3) is 10.9 Å². The maximum Gasteiger partial charge on any atom is 0.251 e. The minimum atomic E-state index is -0.506. The monoisotopic (exact) mass is 492 g/mol. The predicted octanol–water partition coefficient (Wildman–Crippen LogP) is 2.69. The molecule has 1 aliphatic heterocycles. The lowest BCUT2D eigenvalue weighted by Gasteiger charge is -2.39. The average Bonchev–Trinajstić information content (AvgIpc) is 2.89. The van der Waals surface area contributed by atoms with Gasteiger partial charge in [0.15, 0.2) is 5.69 Å². The Morgan fingerprint density at radius 2 is 1.92 bits per heavy atom. The van der Waals surface area contributed by atoms with Crippen LogP contribution in [-0.4, -0.2) is 47.1 Å². The molecule has 1 aliphatic rings. The van der Waals surface area contributed by atoms with E-state index in [0.29, 0.717) is 35.5 Å². The van der Waals surface area contributed by atoms with Gasteiger partial charge in [0.2, 0.25) is 11.4 Å². The number of nitrogens with one attached hydrogen (secondary N) is 2. The Kier molecular flexibility index (Phi) is 7.71. The van der Waals surface area contributed by atoms with Crippen molar-refractivity contribution in [3.05, 3.63) is 76.6 Å². The standard InChI is InChI=1S/C27H32N4O5/c1-17(2)30-13-12-23(27(33)29-34)24(15-30)28-26(32)19-8-10-21(11-9-19)36-16-20-14-18(3)31(35)25-7-5-4-6-22(20)25/h4-11,14,17,23-24,34H,12-13,15-16H2,1-3H3,(H,28,32)(H,29,33)/t23-,24+/m0/s1. The molecule has 1 saturated heterocycles. The summed E-state index contributed by atoms with van der Waals surface area (Å²) in [6.45, 7) is 7.43. The number of benzene rings is 2. The van der Waals surface area contributed by atoms with E-state index >= 15 is 0 Å². The summed E-state index contributed by atoms with van der Waals surface area (Å²) in [4.78, 5) is 27.3. The molecular formula is C27H32N4O5. The number of pyridine rings is 1. The molecule has 2 atom stereocenters. The number of amides is 2. The molecule has 9 nitrogen and oxygen atoms in total. The van der Waals surface area contributed by atoms with Crippen molar-refractivity contribution in [2.45, 2.75) is 45.9 Å². The molecule has 3 aromatic rings. The van der Waals surface area contributed by atoms with E-state index in [1.54, 1.807) is 42.7 Å². The highest BCUT2D eigenvalue weighted by Gasteiger charge is 2.36. The van der Waals surface area contributed by atoms with E-state index in [-0.39, 0.29) is 18.6 Å². The molecule has 9 heteroatoms. The van der Waals surface area contributed by atoms with E-state index in [9.17, 15) is 14.8 Å². The molecule has 3 N–H and O–H groups in total. The van der Waals surface area contributed by atoms with Crippen molar-refractivity contribution in [1.82, 2.24) is 15.7 Å². The molecule has 0 aliphatic carbocycles. The normalized spacial score (nSPS) is 18.2. The lowest BCUT2D eigenvalue weighted by Crippen LogP contribution is -2.57. The summed E-state index contributed by atoms with van der Waals surface area (Å²) in [5.74, 6) is -0.696. The number of carbonyl (C=O) groups is 2. The number of carbonyl (C=O) groups excluding carboxylic acids is 2. The maximum absolute atomic E-state index is 13.0. The first kappa shape index (κ1) is 25.4. The molecule has 2 amide bonds. The number of aryl methyl sites for hydroxylation is 1. The first-order valence-corrected chi connectivity index (χ1v) is 12.1. The van der Waals surface area contributed by atoms with E-state index in [1.807, 2.05) is 24.3 Å². The number of aromatic nitrogens is 1.